The van der Waals surface area contributed by atoms with Crippen molar-refractivity contribution in [1.82, 2.24) is 14.8 Å². The lowest BCUT2D eigenvalue weighted by Gasteiger charge is -2.28. The van der Waals surface area contributed by atoms with Crippen molar-refractivity contribution in [2.45, 2.75) is 31.3 Å². The molecule has 0 spiro atoms. The molecular weight excluding hydrogens is 363 g/mol. The summed E-state index contributed by atoms with van der Waals surface area (Å²) in [4.78, 5) is 2.19. The number of rotatable bonds is 6. The van der Waals surface area contributed by atoms with Gasteiger partial charge in [0.25, 0.3) is 0 Å². The highest BCUT2D eigenvalue weighted by atomic mass is 35.5. The van der Waals surface area contributed by atoms with Crippen molar-refractivity contribution in [2.75, 3.05) is 31.2 Å². The van der Waals surface area contributed by atoms with Gasteiger partial charge in [-0.25, -0.2) is 4.39 Å². The number of nitrogens with zero attached hydrogens (tertiary/aromatic N) is 4. The van der Waals surface area contributed by atoms with Gasteiger partial charge in [0.15, 0.2) is 5.16 Å². The Morgan fingerprint density at radius 2 is 2.04 bits per heavy atom. The minimum Gasteiger partial charge on any atom is -0.378 e. The molecule has 0 amide bonds. The molecule has 1 aliphatic heterocycles. The molecule has 8 heteroatoms. The van der Waals surface area contributed by atoms with Crippen LogP contribution >= 0.6 is 23.4 Å². The Balaban J connectivity index is 1.81. The highest BCUT2D eigenvalue weighted by Crippen LogP contribution is 2.30. The summed E-state index contributed by atoms with van der Waals surface area (Å²) >= 11 is 7.59. The molecule has 1 fully saturated rings. The molecule has 2 aromatic rings. The second-order valence-electron chi connectivity index (χ2n) is 6.38. The van der Waals surface area contributed by atoms with Crippen LogP contribution in [0, 0.1) is 11.7 Å². The first kappa shape index (κ1) is 18.5. The van der Waals surface area contributed by atoms with Crippen LogP contribution < -0.4 is 4.90 Å². The fourth-order valence-electron chi connectivity index (χ4n) is 2.72. The number of hydrogen-bond donors (Lipinski definition) is 0. The number of thioether (sulfide) groups is 1. The van der Waals surface area contributed by atoms with E-state index in [-0.39, 0.29) is 5.82 Å². The SMILES string of the molecule is CC(C)Cn1c(SCc2c(F)cccc2Cl)nnc1N1CCOCC1. The molecule has 25 heavy (non-hydrogen) atoms. The largest absolute Gasteiger partial charge is 0.378 e. The van der Waals surface area contributed by atoms with Gasteiger partial charge < -0.3 is 9.64 Å². The van der Waals surface area contributed by atoms with Gasteiger partial charge in [0, 0.05) is 36.0 Å². The van der Waals surface area contributed by atoms with E-state index in [4.69, 9.17) is 16.3 Å². The van der Waals surface area contributed by atoms with Crippen LogP contribution in [0.15, 0.2) is 23.4 Å². The quantitative estimate of drug-likeness (QED) is 0.707. The van der Waals surface area contributed by atoms with Gasteiger partial charge in [0.1, 0.15) is 5.82 Å². The first-order chi connectivity index (χ1) is 12.1. The van der Waals surface area contributed by atoms with Gasteiger partial charge in [-0.1, -0.05) is 43.3 Å². The summed E-state index contributed by atoms with van der Waals surface area (Å²) in [5.41, 5.74) is 0.501. The highest BCUT2D eigenvalue weighted by Gasteiger charge is 2.21. The first-order valence-electron chi connectivity index (χ1n) is 8.38. The van der Waals surface area contributed by atoms with Crippen molar-refractivity contribution < 1.29 is 9.13 Å². The van der Waals surface area contributed by atoms with Gasteiger partial charge in [0.05, 0.1) is 13.2 Å². The van der Waals surface area contributed by atoms with Crippen LogP contribution in [0.1, 0.15) is 19.4 Å². The van der Waals surface area contributed by atoms with Gasteiger partial charge in [-0.3, -0.25) is 4.57 Å². The van der Waals surface area contributed by atoms with Gasteiger partial charge in [0.2, 0.25) is 5.95 Å². The molecule has 0 bridgehead atoms. The molecule has 0 unspecified atom stereocenters. The third-order valence-corrected chi connectivity index (χ3v) is 5.29. The Morgan fingerprint density at radius 3 is 2.72 bits per heavy atom. The van der Waals surface area contributed by atoms with Gasteiger partial charge in [-0.2, -0.15) is 0 Å². The van der Waals surface area contributed by atoms with Crippen molar-refractivity contribution in [2.24, 2.45) is 5.92 Å². The zero-order valence-electron chi connectivity index (χ0n) is 14.4. The normalized spacial score (nSPS) is 15.2. The number of hydrogen-bond acceptors (Lipinski definition) is 5. The predicted octanol–water partition coefficient (Wildman–Crippen LogP) is 3.86. The number of halogens is 2. The summed E-state index contributed by atoms with van der Waals surface area (Å²) in [6.07, 6.45) is 0. The maximum absolute atomic E-state index is 14.0. The summed E-state index contributed by atoms with van der Waals surface area (Å²) in [7, 11) is 0. The van der Waals surface area contributed by atoms with E-state index >= 15 is 0 Å². The molecular formula is C17H22ClFN4OS. The monoisotopic (exact) mass is 384 g/mol. The average molecular weight is 385 g/mol. The summed E-state index contributed by atoms with van der Waals surface area (Å²) < 4.78 is 21.5. The third kappa shape index (κ3) is 4.46. The number of anilines is 1. The standard InChI is InChI=1S/C17H22ClFN4OS/c1-12(2)10-23-16(22-6-8-24-9-7-22)20-21-17(23)25-11-13-14(18)4-3-5-15(13)19/h3-5,12H,6-11H2,1-2H3. The Kier molecular flexibility index (Phi) is 6.19. The topological polar surface area (TPSA) is 43.2 Å². The van der Waals surface area contributed by atoms with Crippen molar-refractivity contribution in [3.05, 3.63) is 34.6 Å². The van der Waals surface area contributed by atoms with Crippen molar-refractivity contribution >= 4 is 29.3 Å². The minimum absolute atomic E-state index is 0.289. The fraction of sp³-hybridized carbons (Fsp3) is 0.529. The average Bonchev–Trinajstić information content (AvgIpc) is 2.97. The first-order valence-corrected chi connectivity index (χ1v) is 9.74. The Labute approximate surface area is 156 Å². The van der Waals surface area contributed by atoms with Crippen LogP contribution in [0.5, 0.6) is 0 Å². The zero-order valence-corrected chi connectivity index (χ0v) is 16.0. The molecule has 0 atom stereocenters. The Morgan fingerprint density at radius 1 is 1.28 bits per heavy atom. The van der Waals surface area contributed by atoms with E-state index in [9.17, 15) is 4.39 Å². The second kappa shape index (κ2) is 8.38. The second-order valence-corrected chi connectivity index (χ2v) is 7.73. The van der Waals surface area contributed by atoms with Crippen molar-refractivity contribution in [1.29, 1.82) is 0 Å². The maximum Gasteiger partial charge on any atom is 0.228 e. The van der Waals surface area contributed by atoms with Crippen molar-refractivity contribution in [3.63, 3.8) is 0 Å². The smallest absolute Gasteiger partial charge is 0.228 e. The van der Waals surface area contributed by atoms with Gasteiger partial charge >= 0.3 is 0 Å². The van der Waals surface area contributed by atoms with Crippen molar-refractivity contribution in [3.8, 4) is 0 Å². The van der Waals surface area contributed by atoms with E-state index in [1.54, 1.807) is 12.1 Å². The molecule has 0 saturated carbocycles. The third-order valence-electron chi connectivity index (χ3n) is 3.95. The van der Waals surface area contributed by atoms with E-state index in [2.05, 4.69) is 33.5 Å². The number of aromatic nitrogens is 3. The van der Waals surface area contributed by atoms with Crippen LogP contribution in [0.2, 0.25) is 5.02 Å². The predicted molar refractivity (Wildman–Crippen MR) is 98.9 cm³/mol. The fourth-order valence-corrected chi connectivity index (χ4v) is 4.00. The van der Waals surface area contributed by atoms with Gasteiger partial charge in [-0.15, -0.1) is 10.2 Å². The van der Waals surface area contributed by atoms with E-state index in [1.807, 2.05) is 0 Å². The molecule has 136 valence electrons. The van der Waals surface area contributed by atoms with E-state index in [0.29, 0.717) is 35.5 Å². The number of benzene rings is 1. The van der Waals surface area contributed by atoms with E-state index in [0.717, 1.165) is 30.7 Å². The summed E-state index contributed by atoms with van der Waals surface area (Å²) in [5.74, 6) is 1.44. The van der Waals surface area contributed by atoms with E-state index < -0.39 is 0 Å². The van der Waals surface area contributed by atoms with Crippen LogP contribution in [0.3, 0.4) is 0 Å². The zero-order chi connectivity index (χ0) is 17.8. The van der Waals surface area contributed by atoms with Gasteiger partial charge in [-0.05, 0) is 18.1 Å². The summed E-state index contributed by atoms with van der Waals surface area (Å²) in [5, 5.41) is 9.96. The molecule has 1 aromatic heterocycles. The maximum atomic E-state index is 14.0. The molecule has 0 aliphatic carbocycles. The lowest BCUT2D eigenvalue weighted by atomic mass is 10.2. The minimum atomic E-state index is -0.289. The summed E-state index contributed by atoms with van der Waals surface area (Å²) in [6.45, 7) is 8.13. The Bertz CT molecular complexity index is 698. The molecule has 0 radical (unpaired) electrons. The van der Waals surface area contributed by atoms with Crippen LogP contribution in [-0.4, -0.2) is 41.1 Å². The number of ether oxygens (including phenoxy) is 1. The molecule has 1 aromatic carbocycles. The lowest BCUT2D eigenvalue weighted by molar-refractivity contribution is 0.121. The molecule has 0 N–H and O–H groups in total. The van der Waals surface area contributed by atoms with Crippen LogP contribution in [0.4, 0.5) is 10.3 Å². The molecule has 2 heterocycles. The molecule has 5 nitrogen and oxygen atoms in total. The summed E-state index contributed by atoms with van der Waals surface area (Å²) in [6, 6.07) is 4.75. The highest BCUT2D eigenvalue weighted by molar-refractivity contribution is 7.98. The Hall–Kier alpha value is -1.31. The van der Waals surface area contributed by atoms with Crippen LogP contribution in [0.25, 0.3) is 0 Å². The molecule has 1 saturated heterocycles. The van der Waals surface area contributed by atoms with E-state index in [1.165, 1.54) is 17.8 Å². The molecule has 1 aliphatic rings. The molecule has 3 rings (SSSR count). The lowest BCUT2D eigenvalue weighted by Crippen LogP contribution is -2.38. The number of morpholine rings is 1. The van der Waals surface area contributed by atoms with Crippen LogP contribution in [-0.2, 0) is 17.0 Å².